The molecule has 9 nitrogen and oxygen atoms in total. The van der Waals surface area contributed by atoms with E-state index in [4.69, 9.17) is 10.5 Å². The molecule has 4 N–H and O–H groups in total. The SMILES string of the molecule is Cc1ccc(F)c(-n2nc3c4c([nH]c(=O)c3c2N)COc2c(NC(=O)/C=C/CN(C)C)cccc2-4)c1. The molecule has 0 spiro atoms. The van der Waals surface area contributed by atoms with Gasteiger partial charge in [-0.1, -0.05) is 24.3 Å². The lowest BCUT2D eigenvalue weighted by Gasteiger charge is -2.23. The topological polar surface area (TPSA) is 118 Å². The highest BCUT2D eigenvalue weighted by Gasteiger charge is 2.28. The number of fused-ring (bicyclic) bond motifs is 5. The van der Waals surface area contributed by atoms with Gasteiger partial charge < -0.3 is 25.7 Å². The Labute approximate surface area is 206 Å². The molecule has 0 saturated carbocycles. The first-order valence-corrected chi connectivity index (χ1v) is 11.3. The first kappa shape index (κ1) is 23.3. The molecule has 0 fully saturated rings. The maximum atomic E-state index is 14.7. The third-order valence-electron chi connectivity index (χ3n) is 5.92. The van der Waals surface area contributed by atoms with E-state index >= 15 is 0 Å². The van der Waals surface area contributed by atoms with E-state index in [1.165, 1.54) is 16.8 Å². The van der Waals surface area contributed by atoms with E-state index in [1.807, 2.05) is 32.0 Å². The van der Waals surface area contributed by atoms with Gasteiger partial charge >= 0.3 is 0 Å². The average Bonchev–Trinajstić information content (AvgIpc) is 3.17. The first-order valence-electron chi connectivity index (χ1n) is 11.3. The van der Waals surface area contributed by atoms with Crippen molar-refractivity contribution in [2.75, 3.05) is 31.7 Å². The second-order valence-corrected chi connectivity index (χ2v) is 8.91. The fraction of sp³-hybridized carbons (Fsp3) is 0.192. The van der Waals surface area contributed by atoms with Crippen LogP contribution in [0.4, 0.5) is 15.9 Å². The van der Waals surface area contributed by atoms with Crippen molar-refractivity contribution in [1.29, 1.82) is 0 Å². The van der Waals surface area contributed by atoms with Crippen LogP contribution in [0, 0.1) is 12.7 Å². The van der Waals surface area contributed by atoms with Crippen LogP contribution in [-0.4, -0.2) is 46.2 Å². The van der Waals surface area contributed by atoms with Crippen molar-refractivity contribution in [3.63, 3.8) is 0 Å². The van der Waals surface area contributed by atoms with Crippen molar-refractivity contribution < 1.29 is 13.9 Å². The van der Waals surface area contributed by atoms with Crippen LogP contribution in [0.2, 0.25) is 0 Å². The standard InChI is InChI=1S/C26H25FN6O3/c1-14-9-10-16(27)19(12-14)33-25(28)22-23(31-33)21-15-6-4-7-17(29-20(34)8-5-11-32(2)3)24(15)36-13-18(21)30-26(22)35/h4-10,12H,11,13,28H2,1-3H3,(H,29,34)(H,30,35)/b8-5+. The Balaban J connectivity index is 1.64. The monoisotopic (exact) mass is 488 g/mol. The van der Waals surface area contributed by atoms with Gasteiger partial charge in [-0.15, -0.1) is 0 Å². The number of para-hydroxylation sites is 1. The molecular formula is C26H25FN6O3. The zero-order valence-corrected chi connectivity index (χ0v) is 20.1. The quantitative estimate of drug-likeness (QED) is 0.371. The van der Waals surface area contributed by atoms with Crippen molar-refractivity contribution in [3.05, 3.63) is 76.0 Å². The number of carbonyl (C=O) groups excluding carboxylic acids is 1. The highest BCUT2D eigenvalue weighted by molar-refractivity contribution is 6.05. The second-order valence-electron chi connectivity index (χ2n) is 8.91. The van der Waals surface area contributed by atoms with Crippen LogP contribution in [0.5, 0.6) is 5.75 Å². The van der Waals surface area contributed by atoms with Gasteiger partial charge in [-0.25, -0.2) is 9.07 Å². The van der Waals surface area contributed by atoms with E-state index < -0.39 is 11.4 Å². The molecular weight excluding hydrogens is 463 g/mol. The predicted octanol–water partition coefficient (Wildman–Crippen LogP) is 3.36. The number of pyridine rings is 1. The number of aromatic nitrogens is 3. The van der Waals surface area contributed by atoms with Gasteiger partial charge in [0.1, 0.15) is 34.8 Å². The molecule has 5 rings (SSSR count). The van der Waals surface area contributed by atoms with E-state index in [9.17, 15) is 14.0 Å². The molecule has 36 heavy (non-hydrogen) atoms. The molecule has 0 saturated heterocycles. The Morgan fingerprint density at radius 3 is 2.92 bits per heavy atom. The molecule has 0 atom stereocenters. The van der Waals surface area contributed by atoms with Gasteiger partial charge in [-0.05, 0) is 44.8 Å². The molecule has 0 radical (unpaired) electrons. The van der Waals surface area contributed by atoms with Crippen molar-refractivity contribution in [1.82, 2.24) is 19.7 Å². The number of carbonyl (C=O) groups is 1. The molecule has 1 aliphatic rings. The minimum atomic E-state index is -0.513. The summed E-state index contributed by atoms with van der Waals surface area (Å²) in [7, 11) is 3.82. The van der Waals surface area contributed by atoms with Gasteiger partial charge in [0.25, 0.3) is 5.56 Å². The van der Waals surface area contributed by atoms with E-state index in [0.29, 0.717) is 40.3 Å². The van der Waals surface area contributed by atoms with E-state index in [2.05, 4.69) is 15.4 Å². The molecule has 1 amide bonds. The fourth-order valence-electron chi connectivity index (χ4n) is 4.28. The number of hydrogen-bond acceptors (Lipinski definition) is 6. The van der Waals surface area contributed by atoms with Crippen LogP contribution in [0.1, 0.15) is 11.3 Å². The lowest BCUT2D eigenvalue weighted by Crippen LogP contribution is -2.18. The van der Waals surface area contributed by atoms with Gasteiger partial charge in [-0.3, -0.25) is 9.59 Å². The second kappa shape index (κ2) is 8.97. The average molecular weight is 489 g/mol. The summed E-state index contributed by atoms with van der Waals surface area (Å²) in [6, 6.07) is 9.92. The van der Waals surface area contributed by atoms with Crippen LogP contribution >= 0.6 is 0 Å². The number of nitrogens with two attached hydrogens (primary N) is 1. The number of anilines is 2. The lowest BCUT2D eigenvalue weighted by atomic mass is 9.98. The number of benzene rings is 2. The molecule has 184 valence electrons. The third kappa shape index (κ3) is 4.01. The summed E-state index contributed by atoms with van der Waals surface area (Å²) < 4.78 is 21.9. The van der Waals surface area contributed by atoms with Gasteiger partial charge in [0.2, 0.25) is 5.91 Å². The summed E-state index contributed by atoms with van der Waals surface area (Å²) in [6.45, 7) is 2.51. The maximum absolute atomic E-state index is 14.7. The molecule has 1 aliphatic heterocycles. The number of nitrogen functional groups attached to an aromatic ring is 1. The number of nitrogens with one attached hydrogen (secondary N) is 2. The Kier molecular flexibility index (Phi) is 5.81. The Morgan fingerprint density at radius 1 is 1.33 bits per heavy atom. The maximum Gasteiger partial charge on any atom is 0.261 e. The number of amides is 1. The predicted molar refractivity (Wildman–Crippen MR) is 137 cm³/mol. The van der Waals surface area contributed by atoms with Gasteiger partial charge in [0.15, 0.2) is 5.75 Å². The number of aromatic amines is 1. The number of hydrogen-bond donors (Lipinski definition) is 3. The van der Waals surface area contributed by atoms with Crippen molar-refractivity contribution in [2.24, 2.45) is 0 Å². The summed E-state index contributed by atoms with van der Waals surface area (Å²) >= 11 is 0. The van der Waals surface area contributed by atoms with Gasteiger partial charge in [0, 0.05) is 23.7 Å². The number of nitrogens with zero attached hydrogens (tertiary/aromatic N) is 3. The van der Waals surface area contributed by atoms with Gasteiger partial charge in [-0.2, -0.15) is 5.10 Å². The molecule has 2 aromatic heterocycles. The number of aryl methyl sites for hydroxylation is 1. The highest BCUT2D eigenvalue weighted by Crippen LogP contribution is 2.44. The summed E-state index contributed by atoms with van der Waals surface area (Å²) in [6.07, 6.45) is 3.22. The number of ether oxygens (including phenoxy) is 1. The van der Waals surface area contributed by atoms with Crippen LogP contribution < -0.4 is 21.3 Å². The van der Waals surface area contributed by atoms with Crippen molar-refractivity contribution in [3.8, 4) is 22.6 Å². The number of rotatable bonds is 5. The molecule has 0 unspecified atom stereocenters. The minimum absolute atomic E-state index is 0.0297. The first-order chi connectivity index (χ1) is 17.2. The summed E-state index contributed by atoms with van der Waals surface area (Å²) in [4.78, 5) is 30.2. The van der Waals surface area contributed by atoms with Crippen LogP contribution in [0.15, 0.2) is 53.3 Å². The summed E-state index contributed by atoms with van der Waals surface area (Å²) in [5.41, 5.74) is 9.41. The van der Waals surface area contributed by atoms with Gasteiger partial charge in [0.05, 0.1) is 11.4 Å². The smallest absolute Gasteiger partial charge is 0.261 e. The van der Waals surface area contributed by atoms with E-state index in [1.54, 1.807) is 30.3 Å². The van der Waals surface area contributed by atoms with Crippen LogP contribution in [0.25, 0.3) is 27.7 Å². The van der Waals surface area contributed by atoms with E-state index in [0.717, 1.165) is 5.56 Å². The molecule has 2 aromatic carbocycles. The van der Waals surface area contributed by atoms with E-state index in [-0.39, 0.29) is 29.4 Å². The molecule has 3 heterocycles. The largest absolute Gasteiger partial charge is 0.485 e. The Bertz CT molecular complexity index is 1600. The van der Waals surface area contributed by atoms with Crippen molar-refractivity contribution in [2.45, 2.75) is 13.5 Å². The normalized spacial score (nSPS) is 12.6. The minimum Gasteiger partial charge on any atom is -0.485 e. The van der Waals surface area contributed by atoms with Crippen LogP contribution in [-0.2, 0) is 11.4 Å². The summed E-state index contributed by atoms with van der Waals surface area (Å²) in [5.74, 6) is -0.333. The number of likely N-dealkylation sites (N-methyl/N-ethyl adjacent to an activating group) is 1. The molecule has 0 aliphatic carbocycles. The van der Waals surface area contributed by atoms with Crippen LogP contribution in [0.3, 0.4) is 0 Å². The number of H-pyrrole nitrogens is 1. The van der Waals surface area contributed by atoms with Crippen molar-refractivity contribution >= 4 is 28.3 Å². The molecule has 4 aromatic rings. The third-order valence-corrected chi connectivity index (χ3v) is 5.92. The highest BCUT2D eigenvalue weighted by atomic mass is 19.1. The Hall–Kier alpha value is -4.44. The zero-order valence-electron chi connectivity index (χ0n) is 20.1. The zero-order chi connectivity index (χ0) is 25.6. The summed E-state index contributed by atoms with van der Waals surface area (Å²) in [5, 5.41) is 7.58. The lowest BCUT2D eigenvalue weighted by molar-refractivity contribution is -0.111. The molecule has 0 bridgehead atoms. The molecule has 10 heteroatoms. The Morgan fingerprint density at radius 2 is 2.14 bits per heavy atom. The fourth-order valence-corrected chi connectivity index (χ4v) is 4.28. The number of halogens is 1.